The normalized spacial score (nSPS) is 14.1. The molecule has 2 N–H and O–H groups in total. The van der Waals surface area contributed by atoms with Crippen LogP contribution < -0.4 is 10.2 Å². The molecule has 34 heavy (non-hydrogen) atoms. The number of ether oxygens (including phenoxy) is 1. The van der Waals surface area contributed by atoms with Crippen LogP contribution in [0.5, 0.6) is 0 Å². The van der Waals surface area contributed by atoms with Gasteiger partial charge in [0, 0.05) is 59.8 Å². The molecule has 1 fully saturated rings. The van der Waals surface area contributed by atoms with Crippen LogP contribution in [-0.4, -0.2) is 47.4 Å². The zero-order chi connectivity index (χ0) is 23.3. The first-order valence-electron chi connectivity index (χ1n) is 11.8. The molecule has 0 radical (unpaired) electrons. The molecule has 3 heterocycles. The van der Waals surface area contributed by atoms with Crippen LogP contribution in [0.1, 0.15) is 24.0 Å². The summed E-state index contributed by atoms with van der Waals surface area (Å²) >= 11 is 6.10. The maximum atomic E-state index is 9.29. The summed E-state index contributed by atoms with van der Waals surface area (Å²) in [4.78, 5) is 11.6. The zero-order valence-electron chi connectivity index (χ0n) is 19.1. The highest BCUT2D eigenvalue weighted by molar-refractivity contribution is 6.30. The summed E-state index contributed by atoms with van der Waals surface area (Å²) in [5, 5.41) is 16.8. The second-order valence-corrected chi connectivity index (χ2v) is 9.22. The van der Waals surface area contributed by atoms with E-state index in [9.17, 15) is 5.11 Å². The van der Waals surface area contributed by atoms with E-state index >= 15 is 0 Å². The molecular formula is C27H29ClN4O2. The van der Waals surface area contributed by atoms with E-state index in [1.165, 1.54) is 0 Å². The van der Waals surface area contributed by atoms with Gasteiger partial charge >= 0.3 is 0 Å². The fraction of sp³-hybridized carbons (Fsp3) is 0.333. The lowest BCUT2D eigenvalue weighted by Gasteiger charge is -2.40. The molecule has 0 atom stereocenters. The molecule has 7 heteroatoms. The topological polar surface area (TPSA) is 70.5 Å². The van der Waals surface area contributed by atoms with E-state index in [-0.39, 0.29) is 12.7 Å². The molecule has 2 aromatic heterocycles. The number of pyridine rings is 2. The van der Waals surface area contributed by atoms with Gasteiger partial charge in [0.05, 0.1) is 18.2 Å². The lowest BCUT2D eigenvalue weighted by molar-refractivity contribution is 0.0321. The number of aliphatic hydroxyl groups excluding tert-OH is 1. The van der Waals surface area contributed by atoms with Crippen molar-refractivity contribution in [3.8, 4) is 0 Å². The predicted molar refractivity (Wildman–Crippen MR) is 137 cm³/mol. The first-order valence-corrected chi connectivity index (χ1v) is 12.2. The Balaban J connectivity index is 1.05. The second-order valence-electron chi connectivity index (χ2n) is 8.78. The van der Waals surface area contributed by atoms with Crippen LogP contribution in [0.25, 0.3) is 21.7 Å². The molecule has 2 aromatic carbocycles. The first kappa shape index (κ1) is 23.0. The molecule has 6 nitrogen and oxygen atoms in total. The van der Waals surface area contributed by atoms with Crippen molar-refractivity contribution in [2.45, 2.75) is 32.1 Å². The molecule has 0 spiro atoms. The minimum Gasteiger partial charge on any atom is -0.392 e. The number of para-hydroxylation sites is 1. The Kier molecular flexibility index (Phi) is 7.21. The van der Waals surface area contributed by atoms with Crippen molar-refractivity contribution in [2.24, 2.45) is 0 Å². The lowest BCUT2D eigenvalue weighted by atomic mass is 10.1. The van der Waals surface area contributed by atoms with Gasteiger partial charge in [-0.1, -0.05) is 35.9 Å². The van der Waals surface area contributed by atoms with Crippen LogP contribution >= 0.6 is 11.6 Å². The smallest absolute Gasteiger partial charge is 0.137 e. The van der Waals surface area contributed by atoms with Gasteiger partial charge in [0.15, 0.2) is 0 Å². The summed E-state index contributed by atoms with van der Waals surface area (Å²) in [6, 6.07) is 16.0. The molecule has 5 rings (SSSR count). The van der Waals surface area contributed by atoms with E-state index in [0.717, 1.165) is 84.2 Å². The molecule has 0 amide bonds. The van der Waals surface area contributed by atoms with E-state index < -0.39 is 0 Å². The Labute approximate surface area is 204 Å². The molecule has 4 aromatic rings. The number of aliphatic hydroxyl groups is 1. The molecular weight excluding hydrogens is 448 g/mol. The molecule has 1 aliphatic rings. The summed E-state index contributed by atoms with van der Waals surface area (Å²) in [6.45, 7) is 4.16. The highest BCUT2D eigenvalue weighted by Crippen LogP contribution is 2.33. The van der Waals surface area contributed by atoms with Crippen LogP contribution in [0.3, 0.4) is 0 Å². The third-order valence-electron chi connectivity index (χ3n) is 6.26. The number of nitrogens with zero attached hydrogens (tertiary/aromatic N) is 3. The van der Waals surface area contributed by atoms with Crippen molar-refractivity contribution < 1.29 is 9.84 Å². The lowest BCUT2D eigenvalue weighted by Crippen LogP contribution is -2.52. The Hall–Kier alpha value is -2.77. The molecule has 176 valence electrons. The van der Waals surface area contributed by atoms with Crippen molar-refractivity contribution in [2.75, 3.05) is 31.1 Å². The van der Waals surface area contributed by atoms with Gasteiger partial charge in [-0.2, -0.15) is 0 Å². The van der Waals surface area contributed by atoms with Crippen molar-refractivity contribution in [1.82, 2.24) is 15.3 Å². The Morgan fingerprint density at radius 3 is 2.76 bits per heavy atom. The number of anilines is 1. The van der Waals surface area contributed by atoms with Gasteiger partial charge < -0.3 is 20.1 Å². The SMILES string of the molecule is OCc1cc(Cl)cc(CNCCCCOC2CN(c3nc4ccccc4c4cnccc34)C2)c1. The summed E-state index contributed by atoms with van der Waals surface area (Å²) in [5.74, 6) is 1.02. The zero-order valence-corrected chi connectivity index (χ0v) is 19.8. The van der Waals surface area contributed by atoms with E-state index in [2.05, 4.69) is 33.4 Å². The fourth-order valence-electron chi connectivity index (χ4n) is 4.48. The van der Waals surface area contributed by atoms with E-state index in [4.69, 9.17) is 21.3 Å². The van der Waals surface area contributed by atoms with Crippen molar-refractivity contribution in [1.29, 1.82) is 0 Å². The van der Waals surface area contributed by atoms with Crippen molar-refractivity contribution in [3.63, 3.8) is 0 Å². The average Bonchev–Trinajstić information content (AvgIpc) is 2.84. The number of benzene rings is 2. The summed E-state index contributed by atoms with van der Waals surface area (Å²) in [6.07, 6.45) is 6.09. The van der Waals surface area contributed by atoms with E-state index in [1.54, 1.807) is 6.07 Å². The quantitative estimate of drug-likeness (QED) is 0.255. The number of hydrogen-bond donors (Lipinski definition) is 2. The number of nitrogens with one attached hydrogen (secondary N) is 1. The van der Waals surface area contributed by atoms with Gasteiger partial charge in [-0.3, -0.25) is 4.98 Å². The average molecular weight is 477 g/mol. The maximum Gasteiger partial charge on any atom is 0.137 e. The third-order valence-corrected chi connectivity index (χ3v) is 6.48. The van der Waals surface area contributed by atoms with Crippen LogP contribution in [-0.2, 0) is 17.9 Å². The van der Waals surface area contributed by atoms with Crippen LogP contribution in [0.15, 0.2) is 60.9 Å². The summed E-state index contributed by atoms with van der Waals surface area (Å²) in [7, 11) is 0. The Morgan fingerprint density at radius 1 is 1.03 bits per heavy atom. The van der Waals surface area contributed by atoms with Crippen LogP contribution in [0, 0.1) is 0 Å². The van der Waals surface area contributed by atoms with Crippen molar-refractivity contribution >= 4 is 39.1 Å². The molecule has 0 aliphatic carbocycles. The molecule has 1 aliphatic heterocycles. The highest BCUT2D eigenvalue weighted by Gasteiger charge is 2.29. The fourth-order valence-corrected chi connectivity index (χ4v) is 4.76. The first-order chi connectivity index (χ1) is 16.7. The number of aromatic nitrogens is 2. The van der Waals surface area contributed by atoms with Gasteiger partial charge in [0.1, 0.15) is 5.82 Å². The van der Waals surface area contributed by atoms with Crippen LogP contribution in [0.2, 0.25) is 5.02 Å². The Morgan fingerprint density at radius 2 is 1.88 bits per heavy atom. The van der Waals surface area contributed by atoms with Crippen LogP contribution in [0.4, 0.5) is 5.82 Å². The number of halogens is 1. The molecule has 0 bridgehead atoms. The molecule has 0 saturated carbocycles. The summed E-state index contributed by atoms with van der Waals surface area (Å²) in [5.41, 5.74) is 2.93. The number of fused-ring (bicyclic) bond motifs is 3. The second kappa shape index (κ2) is 10.7. The standard InChI is InChI=1S/C27H29ClN4O2/c28-21-12-19(11-20(13-21)18-33)14-29-8-3-4-10-34-22-16-32(17-22)27-24-7-9-30-15-25(24)23-5-1-2-6-26(23)31-27/h1-2,5-7,9,11-13,15,22,29,33H,3-4,8,10,14,16-18H2. The number of rotatable bonds is 10. The maximum absolute atomic E-state index is 9.29. The number of unbranched alkanes of at least 4 members (excludes halogenated alkanes) is 1. The minimum atomic E-state index is 0.00779. The van der Waals surface area contributed by atoms with Gasteiger partial charge in [0.2, 0.25) is 0 Å². The van der Waals surface area contributed by atoms with Crippen molar-refractivity contribution in [3.05, 3.63) is 77.1 Å². The van der Waals surface area contributed by atoms with Gasteiger partial charge in [0.25, 0.3) is 0 Å². The molecule has 1 saturated heterocycles. The summed E-state index contributed by atoms with van der Waals surface area (Å²) < 4.78 is 6.09. The Bertz CT molecular complexity index is 1280. The monoisotopic (exact) mass is 476 g/mol. The number of hydrogen-bond acceptors (Lipinski definition) is 6. The van der Waals surface area contributed by atoms with E-state index in [1.807, 2.05) is 36.7 Å². The molecule has 0 unspecified atom stereocenters. The van der Waals surface area contributed by atoms with E-state index in [0.29, 0.717) is 5.02 Å². The third kappa shape index (κ3) is 5.15. The highest BCUT2D eigenvalue weighted by atomic mass is 35.5. The largest absolute Gasteiger partial charge is 0.392 e. The van der Waals surface area contributed by atoms with Gasteiger partial charge in [-0.05, 0) is 54.8 Å². The minimum absolute atomic E-state index is 0.00779. The van der Waals surface area contributed by atoms with Gasteiger partial charge in [-0.25, -0.2) is 4.98 Å². The predicted octanol–water partition coefficient (Wildman–Crippen LogP) is 4.70. The van der Waals surface area contributed by atoms with Gasteiger partial charge in [-0.15, -0.1) is 0 Å².